The van der Waals surface area contributed by atoms with E-state index in [4.69, 9.17) is 10.2 Å². The molecule has 2 N–H and O–H groups in total. The van der Waals surface area contributed by atoms with Crippen LogP contribution in [0, 0.1) is 0 Å². The van der Waals surface area contributed by atoms with Crippen LogP contribution < -0.4 is 0 Å². The molecule has 7 nitrogen and oxygen atoms in total. The van der Waals surface area contributed by atoms with E-state index < -0.39 is 24.4 Å². The predicted octanol–water partition coefficient (Wildman–Crippen LogP) is 0.291. The highest BCUT2D eigenvalue weighted by Gasteiger charge is 2.19. The van der Waals surface area contributed by atoms with Crippen molar-refractivity contribution in [2.24, 2.45) is 0 Å². The van der Waals surface area contributed by atoms with Crippen molar-refractivity contribution < 1.29 is 34.1 Å². The summed E-state index contributed by atoms with van der Waals surface area (Å²) in [6, 6.07) is 0. The summed E-state index contributed by atoms with van der Waals surface area (Å²) in [5, 5.41) is 16.0. The summed E-state index contributed by atoms with van der Waals surface area (Å²) < 4.78 is 7.44. The molecular formula is C5H6O7. The quantitative estimate of drug-likeness (QED) is 0.461. The van der Waals surface area contributed by atoms with Crippen molar-refractivity contribution in [1.29, 1.82) is 0 Å². The van der Waals surface area contributed by atoms with Crippen LogP contribution in [0.3, 0.4) is 0 Å². The molecule has 0 aromatic rings. The fraction of sp³-hybridized carbons (Fsp3) is 0.400. The van der Waals surface area contributed by atoms with Crippen molar-refractivity contribution in [3.8, 4) is 0 Å². The van der Waals surface area contributed by atoms with Gasteiger partial charge in [0, 0.05) is 0 Å². The summed E-state index contributed by atoms with van der Waals surface area (Å²) in [5.41, 5.74) is 0. The van der Waals surface area contributed by atoms with E-state index in [9.17, 15) is 14.4 Å². The molecule has 0 bridgehead atoms. The van der Waals surface area contributed by atoms with Crippen LogP contribution in [-0.2, 0) is 14.3 Å². The third-order valence-electron chi connectivity index (χ3n) is 0.791. The molecule has 1 atom stereocenters. The van der Waals surface area contributed by atoms with Gasteiger partial charge in [0.15, 0.2) is 6.10 Å². The van der Waals surface area contributed by atoms with E-state index in [0.717, 1.165) is 6.92 Å². The van der Waals surface area contributed by atoms with Gasteiger partial charge in [0.1, 0.15) is 0 Å². The molecule has 1 unspecified atom stereocenters. The lowest BCUT2D eigenvalue weighted by atomic mass is 10.4. The molecule has 0 radical (unpaired) electrons. The number of hydrogen-bond acceptors (Lipinski definition) is 5. The zero-order valence-corrected chi connectivity index (χ0v) is 6.01. The summed E-state index contributed by atoms with van der Waals surface area (Å²) in [5.74, 6) is -1.39. The van der Waals surface area contributed by atoms with E-state index in [0.29, 0.717) is 0 Å². The first-order valence-electron chi connectivity index (χ1n) is 2.77. The van der Waals surface area contributed by atoms with E-state index in [2.05, 4.69) is 9.47 Å². The second kappa shape index (κ2) is 4.16. The van der Waals surface area contributed by atoms with E-state index in [1.54, 1.807) is 0 Å². The summed E-state index contributed by atoms with van der Waals surface area (Å²) in [7, 11) is 0. The number of ether oxygens (including phenoxy) is 2. The Bertz CT molecular complexity index is 208. The fourth-order valence-corrected chi connectivity index (χ4v) is 0.290. The number of aliphatic carboxylic acids is 1. The topological polar surface area (TPSA) is 110 Å². The van der Waals surface area contributed by atoms with Gasteiger partial charge in [0.05, 0.1) is 0 Å². The molecule has 0 aliphatic heterocycles. The molecule has 0 aromatic carbocycles. The maximum Gasteiger partial charge on any atom is 0.519 e. The zero-order chi connectivity index (χ0) is 9.72. The third-order valence-corrected chi connectivity index (χ3v) is 0.791. The molecule has 7 heteroatoms. The number of carboxylic acid groups (broad SMARTS) is 2. The van der Waals surface area contributed by atoms with Gasteiger partial charge in [-0.15, -0.1) is 0 Å². The van der Waals surface area contributed by atoms with Crippen LogP contribution in [-0.4, -0.2) is 34.6 Å². The average Bonchev–Trinajstić information content (AvgIpc) is 1.84. The molecular weight excluding hydrogens is 172 g/mol. The lowest BCUT2D eigenvalue weighted by Crippen LogP contribution is -2.25. The molecule has 0 saturated heterocycles. The van der Waals surface area contributed by atoms with Gasteiger partial charge in [-0.05, 0) is 6.92 Å². The van der Waals surface area contributed by atoms with Crippen molar-refractivity contribution in [2.75, 3.05) is 0 Å². The van der Waals surface area contributed by atoms with E-state index in [1.807, 2.05) is 0 Å². The monoisotopic (exact) mass is 178 g/mol. The van der Waals surface area contributed by atoms with Gasteiger partial charge in [-0.1, -0.05) is 0 Å². The first-order valence-corrected chi connectivity index (χ1v) is 2.77. The van der Waals surface area contributed by atoms with Gasteiger partial charge in [0.2, 0.25) is 0 Å². The minimum absolute atomic E-state index is 1.06. The van der Waals surface area contributed by atoms with E-state index >= 15 is 0 Å². The normalized spacial score (nSPS) is 11.4. The second-order valence-electron chi connectivity index (χ2n) is 1.72. The number of carbonyl (C=O) groups is 3. The maximum atomic E-state index is 10.3. The van der Waals surface area contributed by atoms with Crippen molar-refractivity contribution in [1.82, 2.24) is 0 Å². The first-order chi connectivity index (χ1) is 5.43. The van der Waals surface area contributed by atoms with Crippen molar-refractivity contribution in [2.45, 2.75) is 13.0 Å². The smallest absolute Gasteiger partial charge is 0.479 e. The fourth-order valence-electron chi connectivity index (χ4n) is 0.290. The Kier molecular flexibility index (Phi) is 3.54. The molecule has 0 aliphatic carbocycles. The summed E-state index contributed by atoms with van der Waals surface area (Å²) >= 11 is 0. The van der Waals surface area contributed by atoms with Gasteiger partial charge in [0.25, 0.3) is 0 Å². The molecule has 0 aliphatic rings. The highest BCUT2D eigenvalue weighted by atomic mass is 16.8. The highest BCUT2D eigenvalue weighted by molar-refractivity contribution is 5.79. The van der Waals surface area contributed by atoms with Gasteiger partial charge >= 0.3 is 18.3 Å². The SMILES string of the molecule is CC(OC(=O)OC(=O)O)C(=O)O. The molecule has 0 spiro atoms. The molecule has 0 heterocycles. The molecule has 0 fully saturated rings. The standard InChI is InChI=1S/C5H6O7/c1-2(3(6)7)11-5(10)12-4(8)9/h2H,1H3,(H,6,7)(H,8,9). The van der Waals surface area contributed by atoms with Gasteiger partial charge < -0.3 is 19.7 Å². The first kappa shape index (κ1) is 10.2. The Balaban J connectivity index is 3.85. The Morgan fingerprint density at radius 2 is 1.75 bits per heavy atom. The summed E-state index contributed by atoms with van der Waals surface area (Å²) in [6.45, 7) is 1.06. The van der Waals surface area contributed by atoms with Crippen molar-refractivity contribution in [3.05, 3.63) is 0 Å². The predicted molar refractivity (Wildman–Crippen MR) is 32.7 cm³/mol. The van der Waals surface area contributed by atoms with Crippen LogP contribution in [0.15, 0.2) is 0 Å². The van der Waals surface area contributed by atoms with Gasteiger partial charge in [-0.25, -0.2) is 14.4 Å². The van der Waals surface area contributed by atoms with Crippen LogP contribution >= 0.6 is 0 Å². The lowest BCUT2D eigenvalue weighted by Gasteiger charge is -2.05. The Morgan fingerprint density at radius 1 is 1.25 bits per heavy atom. The summed E-state index contributed by atoms with van der Waals surface area (Å²) in [4.78, 5) is 30.0. The molecule has 0 aromatic heterocycles. The second-order valence-corrected chi connectivity index (χ2v) is 1.72. The molecule has 0 amide bonds. The van der Waals surface area contributed by atoms with Crippen molar-refractivity contribution in [3.63, 3.8) is 0 Å². The maximum absolute atomic E-state index is 10.3. The summed E-state index contributed by atoms with van der Waals surface area (Å²) in [6.07, 6.45) is -4.84. The number of rotatable bonds is 2. The van der Waals surface area contributed by atoms with Crippen molar-refractivity contribution >= 4 is 18.3 Å². The minimum Gasteiger partial charge on any atom is -0.479 e. The third kappa shape index (κ3) is 4.09. The van der Waals surface area contributed by atoms with Crippen LogP contribution in [0.4, 0.5) is 9.59 Å². The molecule has 68 valence electrons. The lowest BCUT2D eigenvalue weighted by molar-refractivity contribution is -0.146. The Labute approximate surface area is 66.5 Å². The van der Waals surface area contributed by atoms with E-state index in [1.165, 1.54) is 0 Å². The molecule has 0 saturated carbocycles. The molecule has 0 rings (SSSR count). The van der Waals surface area contributed by atoms with Gasteiger partial charge in [-0.3, -0.25) is 0 Å². The van der Waals surface area contributed by atoms with Crippen LogP contribution in [0.5, 0.6) is 0 Å². The highest BCUT2D eigenvalue weighted by Crippen LogP contribution is 1.94. The van der Waals surface area contributed by atoms with E-state index in [-0.39, 0.29) is 0 Å². The number of carboxylic acids is 1. The van der Waals surface area contributed by atoms with Gasteiger partial charge in [-0.2, -0.15) is 0 Å². The number of carbonyl (C=O) groups excluding carboxylic acids is 1. The Hall–Kier alpha value is -1.79. The number of hydrogen-bond donors (Lipinski definition) is 2. The van der Waals surface area contributed by atoms with Crippen LogP contribution in [0.1, 0.15) is 6.92 Å². The molecule has 12 heavy (non-hydrogen) atoms. The zero-order valence-electron chi connectivity index (χ0n) is 6.01. The Morgan fingerprint density at radius 3 is 2.08 bits per heavy atom. The largest absolute Gasteiger partial charge is 0.519 e. The average molecular weight is 178 g/mol. The van der Waals surface area contributed by atoms with Crippen LogP contribution in [0.2, 0.25) is 0 Å². The van der Waals surface area contributed by atoms with Crippen LogP contribution in [0.25, 0.3) is 0 Å². The minimum atomic E-state index is -1.85.